The summed E-state index contributed by atoms with van der Waals surface area (Å²) in [7, 11) is 4.46. The van der Waals surface area contributed by atoms with Crippen LogP contribution in [0, 0.1) is 13.8 Å². The molecular weight excluding hydrogens is 450 g/mol. The number of rotatable bonds is 9. The molecule has 9 nitrogen and oxygen atoms in total. The summed E-state index contributed by atoms with van der Waals surface area (Å²) < 4.78 is 23.0. The smallest absolute Gasteiger partial charge is 0.338 e. The number of carbonyl (C=O) groups excluding carboxylic acids is 2. The van der Waals surface area contributed by atoms with E-state index in [-0.39, 0.29) is 5.97 Å². The summed E-state index contributed by atoms with van der Waals surface area (Å²) in [6.45, 7) is 6.02. The number of aromatic nitrogens is 1. The molecule has 184 valence electrons. The molecule has 1 heterocycles. The summed E-state index contributed by atoms with van der Waals surface area (Å²) in [4.78, 5) is 24.6. The quantitative estimate of drug-likeness (QED) is 0.282. The lowest BCUT2D eigenvalue weighted by Crippen LogP contribution is -2.18. The van der Waals surface area contributed by atoms with E-state index in [1.807, 2.05) is 36.6 Å². The van der Waals surface area contributed by atoms with Crippen LogP contribution < -0.4 is 19.6 Å². The van der Waals surface area contributed by atoms with Gasteiger partial charge in [0.15, 0.2) is 11.5 Å². The lowest BCUT2D eigenvalue weighted by atomic mass is 10.1. The van der Waals surface area contributed by atoms with Crippen molar-refractivity contribution < 1.29 is 28.5 Å². The van der Waals surface area contributed by atoms with E-state index < -0.39 is 5.91 Å². The van der Waals surface area contributed by atoms with Crippen molar-refractivity contribution >= 4 is 18.1 Å². The van der Waals surface area contributed by atoms with Gasteiger partial charge in [0.1, 0.15) is 0 Å². The minimum Gasteiger partial charge on any atom is -0.493 e. The fraction of sp³-hybridized carbons (Fsp3) is 0.269. The van der Waals surface area contributed by atoms with Gasteiger partial charge in [-0.05, 0) is 63.2 Å². The van der Waals surface area contributed by atoms with E-state index in [9.17, 15) is 9.59 Å². The Morgan fingerprint density at radius 3 is 2.11 bits per heavy atom. The van der Waals surface area contributed by atoms with Gasteiger partial charge in [-0.25, -0.2) is 10.2 Å². The Labute approximate surface area is 204 Å². The molecule has 0 unspecified atom stereocenters. The summed E-state index contributed by atoms with van der Waals surface area (Å²) in [5.74, 6) is 0.370. The maximum atomic E-state index is 12.7. The lowest BCUT2D eigenvalue weighted by molar-refractivity contribution is 0.0526. The predicted molar refractivity (Wildman–Crippen MR) is 132 cm³/mol. The topological polar surface area (TPSA) is 100 Å². The van der Waals surface area contributed by atoms with Crippen LogP contribution in [0.3, 0.4) is 0 Å². The number of ether oxygens (including phenoxy) is 4. The second kappa shape index (κ2) is 11.2. The van der Waals surface area contributed by atoms with Crippen molar-refractivity contribution in [2.24, 2.45) is 5.10 Å². The summed E-state index contributed by atoms with van der Waals surface area (Å²) >= 11 is 0. The van der Waals surface area contributed by atoms with Gasteiger partial charge < -0.3 is 23.5 Å². The van der Waals surface area contributed by atoms with Gasteiger partial charge in [-0.15, -0.1) is 0 Å². The Morgan fingerprint density at radius 1 is 0.943 bits per heavy atom. The van der Waals surface area contributed by atoms with Crippen molar-refractivity contribution in [3.8, 4) is 22.9 Å². The molecule has 9 heteroatoms. The van der Waals surface area contributed by atoms with Crippen molar-refractivity contribution in [3.05, 3.63) is 70.5 Å². The molecule has 0 fully saturated rings. The molecule has 0 aliphatic carbocycles. The number of hydrazone groups is 1. The van der Waals surface area contributed by atoms with Gasteiger partial charge in [0.2, 0.25) is 5.75 Å². The molecule has 0 aliphatic rings. The number of hydrogen-bond acceptors (Lipinski definition) is 7. The van der Waals surface area contributed by atoms with Crippen LogP contribution in [0.5, 0.6) is 17.2 Å². The fourth-order valence-electron chi connectivity index (χ4n) is 3.71. The van der Waals surface area contributed by atoms with Gasteiger partial charge >= 0.3 is 5.97 Å². The number of methoxy groups -OCH3 is 3. The van der Waals surface area contributed by atoms with Crippen LogP contribution in [0.2, 0.25) is 0 Å². The van der Waals surface area contributed by atoms with Gasteiger partial charge in [0, 0.05) is 28.2 Å². The largest absolute Gasteiger partial charge is 0.493 e. The summed E-state index contributed by atoms with van der Waals surface area (Å²) in [6.07, 6.45) is 1.59. The lowest BCUT2D eigenvalue weighted by Gasteiger charge is -2.13. The number of carbonyl (C=O) groups is 2. The van der Waals surface area contributed by atoms with Crippen LogP contribution in [-0.2, 0) is 4.74 Å². The standard InChI is InChI=1S/C26H29N3O6/c1-7-35-26(31)18-8-10-21(11-9-18)29-16(2)12-20(17(29)3)15-27-28-25(30)19-13-22(32-4)24(34-6)23(14-19)33-5/h8-15H,7H2,1-6H3,(H,28,30). The number of amides is 1. The molecule has 0 radical (unpaired) electrons. The van der Waals surface area contributed by atoms with Crippen LogP contribution in [-0.4, -0.2) is 50.6 Å². The maximum absolute atomic E-state index is 12.7. The Hall–Kier alpha value is -4.27. The monoisotopic (exact) mass is 479 g/mol. The molecule has 1 aromatic heterocycles. The fourth-order valence-corrected chi connectivity index (χ4v) is 3.71. The number of nitrogens with zero attached hydrogens (tertiary/aromatic N) is 2. The van der Waals surface area contributed by atoms with E-state index in [0.717, 1.165) is 22.6 Å². The normalized spacial score (nSPS) is 10.8. The van der Waals surface area contributed by atoms with E-state index in [1.165, 1.54) is 21.3 Å². The molecular formula is C26H29N3O6. The van der Waals surface area contributed by atoms with E-state index in [4.69, 9.17) is 18.9 Å². The highest BCUT2D eigenvalue weighted by atomic mass is 16.5. The SMILES string of the molecule is CCOC(=O)c1ccc(-n2c(C)cc(C=NNC(=O)c3cc(OC)c(OC)c(OC)c3)c2C)cc1. The second-order valence-electron chi connectivity index (χ2n) is 7.54. The molecule has 35 heavy (non-hydrogen) atoms. The molecule has 3 rings (SSSR count). The second-order valence-corrected chi connectivity index (χ2v) is 7.54. The van der Waals surface area contributed by atoms with Gasteiger partial charge in [-0.2, -0.15) is 5.10 Å². The predicted octanol–water partition coefficient (Wildman–Crippen LogP) is 4.06. The molecule has 0 saturated carbocycles. The zero-order valence-corrected chi connectivity index (χ0v) is 20.7. The number of aryl methyl sites for hydroxylation is 1. The zero-order valence-electron chi connectivity index (χ0n) is 20.7. The average molecular weight is 480 g/mol. The third kappa shape index (κ3) is 5.46. The first-order valence-electron chi connectivity index (χ1n) is 10.9. The van der Waals surface area contributed by atoms with Gasteiger partial charge in [-0.1, -0.05) is 0 Å². The molecule has 0 bridgehead atoms. The molecule has 0 aliphatic heterocycles. The van der Waals surface area contributed by atoms with Crippen molar-refractivity contribution in [3.63, 3.8) is 0 Å². The maximum Gasteiger partial charge on any atom is 0.338 e. The summed E-state index contributed by atoms with van der Waals surface area (Å²) in [5, 5.41) is 4.13. The van der Waals surface area contributed by atoms with Crippen LogP contribution in [0.25, 0.3) is 5.69 Å². The third-order valence-electron chi connectivity index (χ3n) is 5.40. The molecule has 0 saturated heterocycles. The molecule has 1 amide bonds. The minimum absolute atomic E-state index is 0.309. The summed E-state index contributed by atoms with van der Waals surface area (Å²) in [5.41, 5.74) is 6.97. The molecule has 0 atom stereocenters. The van der Waals surface area contributed by atoms with Crippen LogP contribution in [0.15, 0.2) is 47.6 Å². The molecule has 1 N–H and O–H groups in total. The van der Waals surface area contributed by atoms with Crippen LogP contribution >= 0.6 is 0 Å². The van der Waals surface area contributed by atoms with Crippen molar-refractivity contribution in [1.82, 2.24) is 9.99 Å². The van der Waals surface area contributed by atoms with Crippen molar-refractivity contribution in [2.45, 2.75) is 20.8 Å². The number of hydrogen-bond donors (Lipinski definition) is 1. The number of benzene rings is 2. The Kier molecular flexibility index (Phi) is 8.14. The molecule has 0 spiro atoms. The van der Waals surface area contributed by atoms with E-state index in [0.29, 0.717) is 35.0 Å². The Bertz CT molecular complexity index is 1220. The van der Waals surface area contributed by atoms with E-state index in [1.54, 1.807) is 37.4 Å². The number of nitrogens with one attached hydrogen (secondary N) is 1. The third-order valence-corrected chi connectivity index (χ3v) is 5.40. The molecule has 3 aromatic rings. The highest BCUT2D eigenvalue weighted by Crippen LogP contribution is 2.38. The number of esters is 1. The first-order chi connectivity index (χ1) is 16.8. The van der Waals surface area contributed by atoms with Crippen LogP contribution in [0.1, 0.15) is 44.6 Å². The Balaban J connectivity index is 1.78. The highest BCUT2D eigenvalue weighted by Gasteiger charge is 2.17. The van der Waals surface area contributed by atoms with E-state index >= 15 is 0 Å². The van der Waals surface area contributed by atoms with Crippen LogP contribution in [0.4, 0.5) is 0 Å². The first-order valence-corrected chi connectivity index (χ1v) is 10.9. The minimum atomic E-state index is -0.427. The Morgan fingerprint density at radius 2 is 1.57 bits per heavy atom. The van der Waals surface area contributed by atoms with Crippen molar-refractivity contribution in [2.75, 3.05) is 27.9 Å². The summed E-state index contributed by atoms with van der Waals surface area (Å²) in [6, 6.07) is 12.3. The van der Waals surface area contributed by atoms with Gasteiger partial charge in [-0.3, -0.25) is 4.79 Å². The van der Waals surface area contributed by atoms with Gasteiger partial charge in [0.05, 0.1) is 39.7 Å². The van der Waals surface area contributed by atoms with Gasteiger partial charge in [0.25, 0.3) is 5.91 Å². The highest BCUT2D eigenvalue weighted by molar-refractivity contribution is 5.96. The average Bonchev–Trinajstić information content (AvgIpc) is 3.15. The van der Waals surface area contributed by atoms with Crippen molar-refractivity contribution in [1.29, 1.82) is 0 Å². The molecule has 2 aromatic carbocycles. The first kappa shape index (κ1) is 25.4. The zero-order chi connectivity index (χ0) is 25.5. The van der Waals surface area contributed by atoms with E-state index in [2.05, 4.69) is 10.5 Å².